The summed E-state index contributed by atoms with van der Waals surface area (Å²) in [5.41, 5.74) is 3.11. The van der Waals surface area contributed by atoms with Crippen LogP contribution in [0.1, 0.15) is 29.8 Å². The first-order chi connectivity index (χ1) is 12.9. The second kappa shape index (κ2) is 9.14. The van der Waals surface area contributed by atoms with Crippen LogP contribution in [0.5, 0.6) is 0 Å². The number of allylic oxidation sites excluding steroid dienone is 2. The molecule has 0 aliphatic rings. The van der Waals surface area contributed by atoms with Crippen molar-refractivity contribution in [1.82, 2.24) is 5.43 Å². The van der Waals surface area contributed by atoms with Gasteiger partial charge in [-0.3, -0.25) is 9.59 Å². The van der Waals surface area contributed by atoms with E-state index in [1.54, 1.807) is 12.1 Å². The van der Waals surface area contributed by atoms with E-state index in [0.29, 0.717) is 11.3 Å². The first-order valence-corrected chi connectivity index (χ1v) is 7.89. The largest absolute Gasteiger partial charge is 0.510 e. The third kappa shape index (κ3) is 5.67. The molecule has 0 bridgehead atoms. The number of benzene rings is 2. The summed E-state index contributed by atoms with van der Waals surface area (Å²) in [4.78, 5) is 23.3. The quantitative estimate of drug-likeness (QED) is 0.264. The van der Waals surface area contributed by atoms with E-state index < -0.39 is 17.5 Å². The van der Waals surface area contributed by atoms with E-state index in [0.717, 1.165) is 0 Å². The molecule has 138 valence electrons. The number of halogens is 1. The molecule has 2 rings (SSSR count). The molecule has 2 N–H and O–H groups in total. The van der Waals surface area contributed by atoms with Crippen molar-refractivity contribution in [3.63, 3.8) is 0 Å². The topological polar surface area (TPSA) is 103 Å². The molecule has 1 amide bonds. The maximum absolute atomic E-state index is 13.4. The Morgan fingerprint density at radius 1 is 1.07 bits per heavy atom. The number of hydrogen-bond acceptors (Lipinski definition) is 6. The number of hydrogen-bond donors (Lipinski definition) is 2. The van der Waals surface area contributed by atoms with E-state index in [1.807, 2.05) is 0 Å². The molecule has 0 heterocycles. The predicted octanol–water partition coefficient (Wildman–Crippen LogP) is 4.05. The normalized spacial score (nSPS) is 12.3. The van der Waals surface area contributed by atoms with Crippen LogP contribution in [0.2, 0.25) is 0 Å². The van der Waals surface area contributed by atoms with Crippen molar-refractivity contribution in [3.05, 3.63) is 76.9 Å². The van der Waals surface area contributed by atoms with E-state index in [1.165, 1.54) is 56.5 Å². The van der Waals surface area contributed by atoms with Gasteiger partial charge in [-0.25, -0.2) is 9.82 Å². The van der Waals surface area contributed by atoms with Gasteiger partial charge < -0.3 is 5.11 Å². The van der Waals surface area contributed by atoms with Crippen LogP contribution in [0.15, 0.2) is 75.3 Å². The average Bonchev–Trinajstić information content (AvgIpc) is 2.63. The van der Waals surface area contributed by atoms with Crippen LogP contribution in [-0.2, 0) is 4.79 Å². The number of carbonyl (C=O) groups excluding carboxylic acids is 2. The molecule has 0 aliphatic carbocycles. The Hall–Kier alpha value is -3.68. The summed E-state index contributed by atoms with van der Waals surface area (Å²) in [6.45, 7) is 2.61. The van der Waals surface area contributed by atoms with Gasteiger partial charge >= 0.3 is 0 Å². The van der Waals surface area contributed by atoms with Gasteiger partial charge in [-0.1, -0.05) is 18.2 Å². The highest BCUT2D eigenvalue weighted by Gasteiger charge is 2.07. The molecule has 0 unspecified atom stereocenters. The molecule has 2 aromatic carbocycles. The fraction of sp³-hybridized carbons (Fsp3) is 0.105. The van der Waals surface area contributed by atoms with Crippen LogP contribution in [0.4, 0.5) is 10.1 Å². The molecule has 0 saturated heterocycles. The van der Waals surface area contributed by atoms with Crippen molar-refractivity contribution in [2.24, 2.45) is 15.3 Å². The van der Waals surface area contributed by atoms with Crippen LogP contribution in [0.3, 0.4) is 0 Å². The number of aliphatic hydroxyl groups is 1. The Morgan fingerprint density at radius 2 is 1.74 bits per heavy atom. The Labute approximate surface area is 154 Å². The zero-order chi connectivity index (χ0) is 19.8. The van der Waals surface area contributed by atoms with Crippen molar-refractivity contribution in [1.29, 1.82) is 0 Å². The van der Waals surface area contributed by atoms with Gasteiger partial charge in [-0.15, -0.1) is 5.11 Å². The van der Waals surface area contributed by atoms with Gasteiger partial charge in [0.15, 0.2) is 11.5 Å². The van der Waals surface area contributed by atoms with Crippen molar-refractivity contribution in [2.75, 3.05) is 0 Å². The van der Waals surface area contributed by atoms with Crippen molar-refractivity contribution >= 4 is 23.6 Å². The minimum Gasteiger partial charge on any atom is -0.510 e. The molecule has 8 heteroatoms. The number of carbonyl (C=O) groups is 2. The van der Waals surface area contributed by atoms with Crippen molar-refractivity contribution in [2.45, 2.75) is 13.8 Å². The van der Waals surface area contributed by atoms with E-state index in [9.17, 15) is 19.1 Å². The number of ketones is 1. The SMILES string of the molecule is CC(=O)/C(N=Nc1ccc(C(=O)N/N=C/c2ccccc2F)cc1)=C(\C)O. The summed E-state index contributed by atoms with van der Waals surface area (Å²) in [5, 5.41) is 20.6. The Kier molecular flexibility index (Phi) is 6.65. The van der Waals surface area contributed by atoms with Gasteiger partial charge in [0.25, 0.3) is 5.91 Å². The van der Waals surface area contributed by atoms with Gasteiger partial charge in [0.1, 0.15) is 11.6 Å². The summed E-state index contributed by atoms with van der Waals surface area (Å²) in [6.07, 6.45) is 1.21. The summed E-state index contributed by atoms with van der Waals surface area (Å²) >= 11 is 0. The maximum Gasteiger partial charge on any atom is 0.271 e. The smallest absolute Gasteiger partial charge is 0.271 e. The first kappa shape index (κ1) is 19.6. The lowest BCUT2D eigenvalue weighted by Gasteiger charge is -2.01. The van der Waals surface area contributed by atoms with Gasteiger partial charge in [-0.05, 0) is 37.3 Å². The maximum atomic E-state index is 13.4. The van der Waals surface area contributed by atoms with Gasteiger partial charge in [0.2, 0.25) is 0 Å². The lowest BCUT2D eigenvalue weighted by Crippen LogP contribution is -2.17. The lowest BCUT2D eigenvalue weighted by molar-refractivity contribution is -0.113. The first-order valence-electron chi connectivity index (χ1n) is 7.89. The zero-order valence-corrected chi connectivity index (χ0v) is 14.7. The minimum atomic E-state index is -0.485. The molecule has 0 radical (unpaired) electrons. The van der Waals surface area contributed by atoms with Gasteiger partial charge in [0, 0.05) is 18.1 Å². The minimum absolute atomic E-state index is 0.140. The van der Waals surface area contributed by atoms with E-state index in [4.69, 9.17) is 0 Å². The van der Waals surface area contributed by atoms with E-state index >= 15 is 0 Å². The number of Topliss-reactive ketones (excluding diaryl/α,β-unsaturated/α-hetero) is 1. The zero-order valence-electron chi connectivity index (χ0n) is 14.7. The highest BCUT2D eigenvalue weighted by Crippen LogP contribution is 2.16. The highest BCUT2D eigenvalue weighted by molar-refractivity contribution is 5.95. The van der Waals surface area contributed by atoms with Crippen LogP contribution in [0, 0.1) is 5.82 Å². The molecule has 0 aliphatic heterocycles. The molecule has 0 aromatic heterocycles. The number of rotatable bonds is 6. The molecule has 0 fully saturated rings. The molecular formula is C19H17FN4O3. The third-order valence-corrected chi connectivity index (χ3v) is 3.35. The highest BCUT2D eigenvalue weighted by atomic mass is 19.1. The molecule has 7 nitrogen and oxygen atoms in total. The number of nitrogens with one attached hydrogen (secondary N) is 1. The standard InChI is InChI=1S/C19H17FN4O3/c1-12(25)18(13(2)26)23-22-16-9-7-14(8-10-16)19(27)24-21-11-15-5-3-4-6-17(15)20/h3-11,25H,1-2H3,(H,24,27)/b18-12-,21-11+,23-22?. The van der Waals surface area contributed by atoms with Crippen molar-refractivity contribution < 1.29 is 19.1 Å². The van der Waals surface area contributed by atoms with Crippen LogP contribution < -0.4 is 5.43 Å². The molecule has 0 atom stereocenters. The molecular weight excluding hydrogens is 351 g/mol. The molecule has 27 heavy (non-hydrogen) atoms. The Morgan fingerprint density at radius 3 is 2.33 bits per heavy atom. The fourth-order valence-electron chi connectivity index (χ4n) is 1.99. The monoisotopic (exact) mass is 368 g/mol. The molecule has 0 spiro atoms. The van der Waals surface area contributed by atoms with Gasteiger partial charge in [-0.2, -0.15) is 10.2 Å². The molecule has 2 aromatic rings. The Balaban J connectivity index is 2.02. The second-order valence-electron chi connectivity index (χ2n) is 5.46. The van der Waals surface area contributed by atoms with Crippen LogP contribution >= 0.6 is 0 Å². The van der Waals surface area contributed by atoms with Gasteiger partial charge in [0.05, 0.1) is 11.9 Å². The van der Waals surface area contributed by atoms with Crippen LogP contribution in [-0.4, -0.2) is 23.0 Å². The number of nitrogens with zero attached hydrogens (tertiary/aromatic N) is 3. The second-order valence-corrected chi connectivity index (χ2v) is 5.46. The summed E-state index contributed by atoms with van der Waals surface area (Å²) < 4.78 is 13.4. The number of hydrazone groups is 1. The van der Waals surface area contributed by atoms with Crippen molar-refractivity contribution in [3.8, 4) is 0 Å². The lowest BCUT2D eigenvalue weighted by atomic mass is 10.2. The summed E-state index contributed by atoms with van der Waals surface area (Å²) in [6, 6.07) is 12.1. The average molecular weight is 368 g/mol. The molecule has 0 saturated carbocycles. The number of azo groups is 1. The van der Waals surface area contributed by atoms with Crippen LogP contribution in [0.25, 0.3) is 0 Å². The fourth-order valence-corrected chi connectivity index (χ4v) is 1.99. The third-order valence-electron chi connectivity index (χ3n) is 3.35. The van der Waals surface area contributed by atoms with E-state index in [-0.39, 0.29) is 17.0 Å². The summed E-state index contributed by atoms with van der Waals surface area (Å²) in [7, 11) is 0. The number of aliphatic hydroxyl groups excluding tert-OH is 1. The predicted molar refractivity (Wildman–Crippen MR) is 98.4 cm³/mol. The Bertz CT molecular complexity index is 930. The summed E-state index contributed by atoms with van der Waals surface area (Å²) in [5.74, 6) is -1.57. The van der Waals surface area contributed by atoms with E-state index in [2.05, 4.69) is 20.8 Å². The number of amides is 1.